The van der Waals surface area contributed by atoms with Gasteiger partial charge >= 0.3 is 0 Å². The normalized spacial score (nSPS) is 13.6. The summed E-state index contributed by atoms with van der Waals surface area (Å²) in [4.78, 5) is 0. The van der Waals surface area contributed by atoms with Crippen LogP contribution in [0.2, 0.25) is 0 Å². The zero-order chi connectivity index (χ0) is 21.6. The van der Waals surface area contributed by atoms with Crippen LogP contribution < -0.4 is 9.44 Å². The van der Waals surface area contributed by atoms with E-state index < -0.39 is 20.0 Å². The highest BCUT2D eigenvalue weighted by atomic mass is 32.2. The van der Waals surface area contributed by atoms with Gasteiger partial charge in [-0.05, 0) is 24.0 Å². The van der Waals surface area contributed by atoms with Crippen LogP contribution in [0.15, 0.2) is 24.3 Å². The predicted octanol–water partition coefficient (Wildman–Crippen LogP) is 2.90. The monoisotopic (exact) mass is 432 g/mol. The third-order valence-electron chi connectivity index (χ3n) is 4.86. The quantitative estimate of drug-likeness (QED) is 0.531. The van der Waals surface area contributed by atoms with Crippen molar-refractivity contribution in [1.29, 1.82) is 0 Å². The third-order valence-corrected chi connectivity index (χ3v) is 7.92. The van der Waals surface area contributed by atoms with Crippen molar-refractivity contribution in [2.24, 2.45) is 0 Å². The molecule has 1 rings (SSSR count). The van der Waals surface area contributed by atoms with Gasteiger partial charge in [-0.15, -0.1) is 0 Å². The highest BCUT2D eigenvalue weighted by Crippen LogP contribution is 2.27. The number of hydrogen-bond donors (Lipinski definition) is 2. The summed E-state index contributed by atoms with van der Waals surface area (Å²) < 4.78 is 53.1. The van der Waals surface area contributed by atoms with Crippen molar-refractivity contribution in [3.8, 4) is 0 Å². The molecule has 0 spiro atoms. The smallest absolute Gasteiger partial charge is 0.211 e. The lowest BCUT2D eigenvalue weighted by atomic mass is 9.80. The van der Waals surface area contributed by atoms with E-state index in [2.05, 4.69) is 9.44 Å². The zero-order valence-electron chi connectivity index (χ0n) is 18.0. The first kappa shape index (κ1) is 25.1. The molecule has 0 heterocycles. The average molecular weight is 433 g/mol. The van der Waals surface area contributed by atoms with Crippen molar-refractivity contribution < 1.29 is 16.8 Å². The molecule has 1 aromatic carbocycles. The molecule has 162 valence electrons. The molecule has 0 fully saturated rings. The molecule has 0 aromatic heterocycles. The van der Waals surface area contributed by atoms with E-state index in [1.165, 1.54) is 0 Å². The molecule has 0 aliphatic heterocycles. The molecule has 0 atom stereocenters. The maximum absolute atomic E-state index is 11.9. The van der Waals surface area contributed by atoms with Gasteiger partial charge in [0.2, 0.25) is 20.0 Å². The van der Waals surface area contributed by atoms with Crippen LogP contribution in [0.5, 0.6) is 0 Å². The number of hydrogen-bond acceptors (Lipinski definition) is 4. The van der Waals surface area contributed by atoms with E-state index in [9.17, 15) is 16.8 Å². The second-order valence-electron chi connectivity index (χ2n) is 8.63. The number of sulfonamides is 2. The molecular formula is C20H36N2O4S2. The number of rotatable bonds is 12. The Hall–Kier alpha value is -0.960. The third kappa shape index (κ3) is 7.81. The van der Waals surface area contributed by atoms with Crippen molar-refractivity contribution in [2.45, 2.75) is 65.2 Å². The first-order valence-electron chi connectivity index (χ1n) is 9.80. The van der Waals surface area contributed by atoms with Gasteiger partial charge in [-0.1, -0.05) is 65.8 Å². The van der Waals surface area contributed by atoms with Gasteiger partial charge in [-0.3, -0.25) is 0 Å². The second kappa shape index (κ2) is 9.69. The first-order chi connectivity index (χ1) is 12.7. The van der Waals surface area contributed by atoms with Gasteiger partial charge in [0, 0.05) is 23.9 Å². The van der Waals surface area contributed by atoms with Gasteiger partial charge in [0.05, 0.1) is 11.5 Å². The number of benzene rings is 1. The lowest BCUT2D eigenvalue weighted by molar-refractivity contribution is 0.493. The average Bonchev–Trinajstić information content (AvgIpc) is 2.59. The molecule has 28 heavy (non-hydrogen) atoms. The Morgan fingerprint density at radius 1 is 0.679 bits per heavy atom. The Bertz CT molecular complexity index is 756. The standard InChI is InChI=1S/C20H36N2O4S2/c1-7-13-27(23,24)21-15-19(3,4)17-9-11-18(12-10-17)20(5,6)16-22-28(25,26)14-8-2/h9-12,21-22H,7-8,13-16H2,1-6H3. The zero-order valence-corrected chi connectivity index (χ0v) is 19.6. The molecule has 6 nitrogen and oxygen atoms in total. The first-order valence-corrected chi connectivity index (χ1v) is 13.1. The van der Waals surface area contributed by atoms with E-state index in [-0.39, 0.29) is 22.3 Å². The van der Waals surface area contributed by atoms with Crippen molar-refractivity contribution in [3.63, 3.8) is 0 Å². The van der Waals surface area contributed by atoms with E-state index in [4.69, 9.17) is 0 Å². The molecule has 1 aromatic rings. The van der Waals surface area contributed by atoms with E-state index in [0.29, 0.717) is 25.9 Å². The van der Waals surface area contributed by atoms with Gasteiger partial charge in [0.15, 0.2) is 0 Å². The van der Waals surface area contributed by atoms with Gasteiger partial charge in [0.25, 0.3) is 0 Å². The molecule has 0 saturated carbocycles. The van der Waals surface area contributed by atoms with Crippen molar-refractivity contribution in [1.82, 2.24) is 9.44 Å². The molecular weight excluding hydrogens is 396 g/mol. The van der Waals surface area contributed by atoms with Crippen LogP contribution >= 0.6 is 0 Å². The summed E-state index contributed by atoms with van der Waals surface area (Å²) in [6, 6.07) is 7.97. The molecule has 0 aliphatic carbocycles. The summed E-state index contributed by atoms with van der Waals surface area (Å²) in [6.07, 6.45) is 1.17. The molecule has 8 heteroatoms. The summed E-state index contributed by atoms with van der Waals surface area (Å²) in [7, 11) is -6.49. The Balaban J connectivity index is 2.85. The topological polar surface area (TPSA) is 92.3 Å². The van der Waals surface area contributed by atoms with Crippen LogP contribution in [-0.2, 0) is 30.9 Å². The van der Waals surface area contributed by atoms with Crippen LogP contribution in [0.25, 0.3) is 0 Å². The van der Waals surface area contributed by atoms with Gasteiger partial charge in [-0.2, -0.15) is 0 Å². The Morgan fingerprint density at radius 2 is 0.964 bits per heavy atom. The minimum absolute atomic E-state index is 0.129. The molecule has 0 saturated heterocycles. The fraction of sp³-hybridized carbons (Fsp3) is 0.700. The Labute approximate surface area is 171 Å². The number of nitrogens with one attached hydrogen (secondary N) is 2. The second-order valence-corrected chi connectivity index (χ2v) is 12.5. The van der Waals surface area contributed by atoms with Gasteiger partial charge < -0.3 is 0 Å². The highest BCUT2D eigenvalue weighted by molar-refractivity contribution is 7.89. The summed E-state index contributed by atoms with van der Waals surface area (Å²) in [5, 5.41) is 0. The van der Waals surface area contributed by atoms with Crippen LogP contribution in [0.3, 0.4) is 0 Å². The van der Waals surface area contributed by atoms with Crippen molar-refractivity contribution >= 4 is 20.0 Å². The predicted molar refractivity (Wildman–Crippen MR) is 117 cm³/mol. The molecule has 0 bridgehead atoms. The minimum atomic E-state index is -3.25. The van der Waals surface area contributed by atoms with E-state index in [0.717, 1.165) is 11.1 Å². The fourth-order valence-electron chi connectivity index (χ4n) is 2.84. The van der Waals surface area contributed by atoms with E-state index in [1.54, 1.807) is 0 Å². The Morgan fingerprint density at radius 3 is 1.21 bits per heavy atom. The summed E-state index contributed by atoms with van der Waals surface area (Å²) in [5.74, 6) is 0.258. The van der Waals surface area contributed by atoms with Crippen LogP contribution in [-0.4, -0.2) is 41.4 Å². The van der Waals surface area contributed by atoms with Crippen LogP contribution in [0, 0.1) is 0 Å². The maximum Gasteiger partial charge on any atom is 0.211 e. The SMILES string of the molecule is CCCS(=O)(=O)NCC(C)(C)c1ccc(C(C)(C)CNS(=O)(=O)CCC)cc1. The van der Waals surface area contributed by atoms with Gasteiger partial charge in [-0.25, -0.2) is 26.3 Å². The maximum atomic E-state index is 11.9. The molecule has 2 N–H and O–H groups in total. The molecule has 0 amide bonds. The van der Waals surface area contributed by atoms with E-state index in [1.807, 2.05) is 65.8 Å². The van der Waals surface area contributed by atoms with Gasteiger partial charge in [0.1, 0.15) is 0 Å². The lowest BCUT2D eigenvalue weighted by Crippen LogP contribution is -2.38. The highest BCUT2D eigenvalue weighted by Gasteiger charge is 2.26. The summed E-state index contributed by atoms with van der Waals surface area (Å²) >= 11 is 0. The minimum Gasteiger partial charge on any atom is -0.214 e. The van der Waals surface area contributed by atoms with Crippen LogP contribution in [0.4, 0.5) is 0 Å². The molecule has 0 aliphatic rings. The van der Waals surface area contributed by atoms with Crippen LogP contribution in [0.1, 0.15) is 65.5 Å². The van der Waals surface area contributed by atoms with Crippen molar-refractivity contribution in [3.05, 3.63) is 35.4 Å². The largest absolute Gasteiger partial charge is 0.214 e. The molecule has 0 unspecified atom stereocenters. The van der Waals surface area contributed by atoms with E-state index >= 15 is 0 Å². The summed E-state index contributed by atoms with van der Waals surface area (Å²) in [5.41, 5.74) is 1.34. The summed E-state index contributed by atoms with van der Waals surface area (Å²) in [6.45, 7) is 12.3. The Kier molecular flexibility index (Phi) is 8.68. The fourth-order valence-corrected chi connectivity index (χ4v) is 5.36. The van der Waals surface area contributed by atoms with Crippen molar-refractivity contribution in [2.75, 3.05) is 24.6 Å². The molecule has 0 radical (unpaired) electrons. The lowest BCUT2D eigenvalue weighted by Gasteiger charge is -2.29.